The maximum Gasteiger partial charge on any atom is 0.124 e. The van der Waals surface area contributed by atoms with E-state index in [0.717, 1.165) is 0 Å². The van der Waals surface area contributed by atoms with Gasteiger partial charge in [0.2, 0.25) is 0 Å². The van der Waals surface area contributed by atoms with Crippen molar-refractivity contribution in [3.05, 3.63) is 17.1 Å². The first-order valence-electron chi connectivity index (χ1n) is 4.71. The van der Waals surface area contributed by atoms with Gasteiger partial charge in [-0.3, -0.25) is 0 Å². The van der Waals surface area contributed by atoms with Crippen LogP contribution in [0.3, 0.4) is 0 Å². The highest BCUT2D eigenvalue weighted by Crippen LogP contribution is 2.31. The highest BCUT2D eigenvalue weighted by Gasteiger charge is 2.36. The van der Waals surface area contributed by atoms with Crippen molar-refractivity contribution in [3.8, 4) is 0 Å². The Morgan fingerprint density at radius 1 is 1.62 bits per heavy atom. The summed E-state index contributed by atoms with van der Waals surface area (Å²) in [5, 5.41) is 12.7. The summed E-state index contributed by atoms with van der Waals surface area (Å²) in [6.45, 7) is 5.85. The van der Waals surface area contributed by atoms with Crippen LogP contribution in [0, 0.1) is 16.7 Å². The molecule has 1 rings (SSSR count). The predicted molar refractivity (Wildman–Crippen MR) is 52.3 cm³/mol. The molecule has 0 aromatic heterocycles. The van der Waals surface area contributed by atoms with Crippen LogP contribution >= 0.6 is 0 Å². The van der Waals surface area contributed by atoms with Gasteiger partial charge in [0.1, 0.15) is 11.6 Å². The molecule has 0 saturated heterocycles. The summed E-state index contributed by atoms with van der Waals surface area (Å²) in [4.78, 5) is 10.5. The van der Waals surface area contributed by atoms with Crippen LogP contribution in [-0.2, 0) is 0 Å². The van der Waals surface area contributed by atoms with Gasteiger partial charge in [0, 0.05) is 0 Å². The van der Waals surface area contributed by atoms with E-state index >= 15 is 0 Å². The lowest BCUT2D eigenvalue weighted by Crippen LogP contribution is -2.40. The van der Waals surface area contributed by atoms with E-state index in [9.17, 15) is 10.0 Å². The molecule has 3 atom stereocenters. The Balaban J connectivity index is 2.79. The standard InChI is InChI=1S/C10H17NO2/c1-7(2)8-4-5-10(3,12)9(6-8)11-13/h4-5,7-9,12H,6H2,1-3H3. The Hall–Kier alpha value is -0.700. The summed E-state index contributed by atoms with van der Waals surface area (Å²) in [7, 11) is 0. The molecule has 0 amide bonds. The molecule has 1 aliphatic rings. The third-order valence-electron chi connectivity index (χ3n) is 2.83. The van der Waals surface area contributed by atoms with Gasteiger partial charge in [-0.25, -0.2) is 0 Å². The van der Waals surface area contributed by atoms with Crippen molar-refractivity contribution >= 4 is 0 Å². The van der Waals surface area contributed by atoms with Gasteiger partial charge in [0.15, 0.2) is 0 Å². The van der Waals surface area contributed by atoms with Crippen LogP contribution in [0.15, 0.2) is 17.3 Å². The van der Waals surface area contributed by atoms with Crippen molar-refractivity contribution in [2.45, 2.75) is 38.8 Å². The molecule has 3 unspecified atom stereocenters. The van der Waals surface area contributed by atoms with Crippen LogP contribution < -0.4 is 0 Å². The largest absolute Gasteiger partial charge is 0.384 e. The molecule has 0 fully saturated rings. The summed E-state index contributed by atoms with van der Waals surface area (Å²) in [6, 6.07) is -0.495. The summed E-state index contributed by atoms with van der Waals surface area (Å²) >= 11 is 0. The lowest BCUT2D eigenvalue weighted by atomic mass is 9.78. The zero-order valence-corrected chi connectivity index (χ0v) is 8.40. The minimum Gasteiger partial charge on any atom is -0.384 e. The number of allylic oxidation sites excluding steroid dienone is 1. The molecule has 0 saturated carbocycles. The number of rotatable bonds is 2. The first-order chi connectivity index (χ1) is 5.97. The predicted octanol–water partition coefficient (Wildman–Crippen LogP) is 2.10. The highest BCUT2D eigenvalue weighted by atomic mass is 16.3. The van der Waals surface area contributed by atoms with Crippen molar-refractivity contribution in [2.24, 2.45) is 17.0 Å². The summed E-state index contributed by atoms with van der Waals surface area (Å²) < 4.78 is 0. The second-order valence-electron chi connectivity index (χ2n) is 4.35. The van der Waals surface area contributed by atoms with Crippen LogP contribution in [0.5, 0.6) is 0 Å². The van der Waals surface area contributed by atoms with Crippen molar-refractivity contribution in [1.29, 1.82) is 0 Å². The van der Waals surface area contributed by atoms with Crippen LogP contribution in [0.25, 0.3) is 0 Å². The van der Waals surface area contributed by atoms with E-state index < -0.39 is 11.6 Å². The average molecular weight is 183 g/mol. The second-order valence-corrected chi connectivity index (χ2v) is 4.35. The molecule has 0 spiro atoms. The van der Waals surface area contributed by atoms with E-state index in [1.165, 1.54) is 0 Å². The molecule has 74 valence electrons. The third kappa shape index (κ3) is 2.15. The highest BCUT2D eigenvalue weighted by molar-refractivity contribution is 5.12. The number of nitroso groups, excluding NO2 is 1. The molecule has 0 radical (unpaired) electrons. The van der Waals surface area contributed by atoms with Crippen LogP contribution in [-0.4, -0.2) is 16.7 Å². The van der Waals surface area contributed by atoms with Crippen molar-refractivity contribution in [3.63, 3.8) is 0 Å². The van der Waals surface area contributed by atoms with Gasteiger partial charge in [-0.15, -0.1) is 0 Å². The molecule has 0 bridgehead atoms. The van der Waals surface area contributed by atoms with Gasteiger partial charge in [0.05, 0.1) is 0 Å². The number of aliphatic hydroxyl groups is 1. The maximum absolute atomic E-state index is 10.5. The zero-order chi connectivity index (χ0) is 10.1. The van der Waals surface area contributed by atoms with Gasteiger partial charge < -0.3 is 5.11 Å². The molecular formula is C10H17NO2. The van der Waals surface area contributed by atoms with E-state index in [-0.39, 0.29) is 0 Å². The summed E-state index contributed by atoms with van der Waals surface area (Å²) in [5.41, 5.74) is -1.05. The number of nitrogens with zero attached hydrogens (tertiary/aromatic N) is 1. The van der Waals surface area contributed by atoms with Crippen LogP contribution in [0.2, 0.25) is 0 Å². The molecule has 0 aromatic carbocycles. The molecule has 13 heavy (non-hydrogen) atoms. The normalized spacial score (nSPS) is 39.5. The third-order valence-corrected chi connectivity index (χ3v) is 2.83. The van der Waals surface area contributed by atoms with E-state index in [1.54, 1.807) is 13.0 Å². The number of hydrogen-bond donors (Lipinski definition) is 1. The van der Waals surface area contributed by atoms with Gasteiger partial charge in [-0.05, 0) is 25.2 Å². The van der Waals surface area contributed by atoms with E-state index in [2.05, 4.69) is 19.0 Å². The average Bonchev–Trinajstić information content (AvgIpc) is 2.03. The molecule has 1 aliphatic carbocycles. The van der Waals surface area contributed by atoms with Crippen molar-refractivity contribution < 1.29 is 5.11 Å². The summed E-state index contributed by atoms with van der Waals surface area (Å²) in [6.07, 6.45) is 4.35. The van der Waals surface area contributed by atoms with E-state index in [1.807, 2.05) is 6.08 Å². The maximum atomic E-state index is 10.5. The molecule has 3 heteroatoms. The van der Waals surface area contributed by atoms with Gasteiger partial charge in [-0.1, -0.05) is 31.2 Å². The summed E-state index contributed by atoms with van der Waals surface area (Å²) in [5.74, 6) is 0.861. The minimum atomic E-state index is -1.05. The SMILES string of the molecule is CC(C)C1C=CC(C)(O)C(N=O)C1. The smallest absolute Gasteiger partial charge is 0.124 e. The van der Waals surface area contributed by atoms with Gasteiger partial charge >= 0.3 is 0 Å². The second kappa shape index (κ2) is 3.58. The van der Waals surface area contributed by atoms with Crippen LogP contribution in [0.4, 0.5) is 0 Å². The fourth-order valence-electron chi connectivity index (χ4n) is 1.65. The monoisotopic (exact) mass is 183 g/mol. The number of hydrogen-bond acceptors (Lipinski definition) is 3. The minimum absolute atomic E-state index is 0.364. The first-order valence-corrected chi connectivity index (χ1v) is 4.71. The van der Waals surface area contributed by atoms with Gasteiger partial charge in [0.25, 0.3) is 0 Å². The molecule has 1 N–H and O–H groups in total. The Bertz CT molecular complexity index is 221. The lowest BCUT2D eigenvalue weighted by molar-refractivity contribution is 0.0633. The van der Waals surface area contributed by atoms with E-state index in [0.29, 0.717) is 18.3 Å². The molecule has 3 nitrogen and oxygen atoms in total. The fourth-order valence-corrected chi connectivity index (χ4v) is 1.65. The van der Waals surface area contributed by atoms with E-state index in [4.69, 9.17) is 0 Å². The topological polar surface area (TPSA) is 49.7 Å². The lowest BCUT2D eigenvalue weighted by Gasteiger charge is -2.33. The Morgan fingerprint density at radius 2 is 2.23 bits per heavy atom. The zero-order valence-electron chi connectivity index (χ0n) is 8.40. The molecular weight excluding hydrogens is 166 g/mol. The fraction of sp³-hybridized carbons (Fsp3) is 0.800. The molecule has 0 heterocycles. The molecule has 0 aromatic rings. The Morgan fingerprint density at radius 3 is 2.69 bits per heavy atom. The molecule has 0 aliphatic heterocycles. The first kappa shape index (κ1) is 10.4. The Kier molecular flexibility index (Phi) is 2.86. The van der Waals surface area contributed by atoms with Crippen molar-refractivity contribution in [1.82, 2.24) is 0 Å². The quantitative estimate of drug-likeness (QED) is 0.526. The van der Waals surface area contributed by atoms with Crippen LogP contribution in [0.1, 0.15) is 27.2 Å². The van der Waals surface area contributed by atoms with Gasteiger partial charge in [-0.2, -0.15) is 4.91 Å². The van der Waals surface area contributed by atoms with Crippen molar-refractivity contribution in [2.75, 3.05) is 0 Å². The Labute approximate surface area is 78.8 Å².